The monoisotopic (exact) mass is 137 g/mol. The number of rotatable bonds is 1. The molecule has 0 unspecified atom stereocenters. The van der Waals surface area contributed by atoms with Crippen LogP contribution in [0.4, 0.5) is 0 Å². The molecule has 0 spiro atoms. The van der Waals surface area contributed by atoms with Gasteiger partial charge >= 0.3 is 0 Å². The molecule has 0 aromatic carbocycles. The first kappa shape index (κ1) is 6.41. The second-order valence-electron chi connectivity index (χ2n) is 3.79. The minimum Gasteiger partial charge on any atom is -0.330 e. The summed E-state index contributed by atoms with van der Waals surface area (Å²) in [6, 6.07) is 0. The van der Waals surface area contributed by atoms with E-state index in [0.717, 1.165) is 24.3 Å². The fourth-order valence-electron chi connectivity index (χ4n) is 2.45. The molecule has 1 fully saturated rings. The summed E-state index contributed by atoms with van der Waals surface area (Å²) in [5.41, 5.74) is 7.19. The standard InChI is InChI=1S/C9H15N/c1-6-2-7-4-8(5-10)9(7)3-6/h3,7-9H,2,4-5,10H2,1H3/t7-,8+,9+/m1/s1. The first-order valence-electron chi connectivity index (χ1n) is 4.18. The highest BCUT2D eigenvalue weighted by atomic mass is 14.6. The molecule has 1 heteroatoms. The van der Waals surface area contributed by atoms with Crippen molar-refractivity contribution in [2.45, 2.75) is 19.8 Å². The predicted octanol–water partition coefficient (Wildman–Crippen LogP) is 1.55. The highest BCUT2D eigenvalue weighted by Crippen LogP contribution is 2.49. The molecule has 0 saturated heterocycles. The second-order valence-corrected chi connectivity index (χ2v) is 3.79. The van der Waals surface area contributed by atoms with Gasteiger partial charge in [-0.2, -0.15) is 0 Å². The van der Waals surface area contributed by atoms with Gasteiger partial charge in [0.05, 0.1) is 0 Å². The van der Waals surface area contributed by atoms with E-state index < -0.39 is 0 Å². The maximum atomic E-state index is 5.61. The molecule has 2 aliphatic carbocycles. The third kappa shape index (κ3) is 0.734. The molecule has 1 nitrogen and oxygen atoms in total. The van der Waals surface area contributed by atoms with Crippen LogP contribution in [0.3, 0.4) is 0 Å². The summed E-state index contributed by atoms with van der Waals surface area (Å²) in [5.74, 6) is 2.67. The smallest absolute Gasteiger partial charge is 0.00430 e. The Morgan fingerprint density at radius 1 is 1.70 bits per heavy atom. The molecule has 0 aromatic rings. The lowest BCUT2D eigenvalue weighted by molar-refractivity contribution is 0.137. The molecule has 3 atom stereocenters. The van der Waals surface area contributed by atoms with E-state index in [2.05, 4.69) is 13.0 Å². The maximum Gasteiger partial charge on any atom is -0.00430 e. The number of hydrogen-bond donors (Lipinski definition) is 1. The molecule has 1 saturated carbocycles. The second kappa shape index (κ2) is 2.09. The Balaban J connectivity index is 2.03. The van der Waals surface area contributed by atoms with E-state index in [-0.39, 0.29) is 0 Å². The summed E-state index contributed by atoms with van der Waals surface area (Å²) in [5, 5.41) is 0. The van der Waals surface area contributed by atoms with Crippen LogP contribution in [0.5, 0.6) is 0 Å². The third-order valence-corrected chi connectivity index (χ3v) is 3.06. The van der Waals surface area contributed by atoms with Crippen molar-refractivity contribution in [3.05, 3.63) is 11.6 Å². The van der Waals surface area contributed by atoms with Gasteiger partial charge in [0.25, 0.3) is 0 Å². The van der Waals surface area contributed by atoms with E-state index in [1.54, 1.807) is 5.57 Å². The van der Waals surface area contributed by atoms with Crippen molar-refractivity contribution in [3.63, 3.8) is 0 Å². The van der Waals surface area contributed by atoms with Gasteiger partial charge in [-0.3, -0.25) is 0 Å². The number of hydrogen-bond acceptors (Lipinski definition) is 1. The molecular weight excluding hydrogens is 122 g/mol. The average Bonchev–Trinajstić information content (AvgIpc) is 2.15. The van der Waals surface area contributed by atoms with Crippen LogP contribution in [0.1, 0.15) is 19.8 Å². The number of nitrogens with two attached hydrogens (primary N) is 1. The molecule has 2 aliphatic rings. The van der Waals surface area contributed by atoms with E-state index in [1.165, 1.54) is 12.8 Å². The molecule has 0 amide bonds. The molecule has 2 N–H and O–H groups in total. The van der Waals surface area contributed by atoms with Crippen LogP contribution in [-0.4, -0.2) is 6.54 Å². The first-order valence-corrected chi connectivity index (χ1v) is 4.18. The normalized spacial score (nSPS) is 44.2. The van der Waals surface area contributed by atoms with Crippen LogP contribution in [0.25, 0.3) is 0 Å². The van der Waals surface area contributed by atoms with Gasteiger partial charge in [0.1, 0.15) is 0 Å². The van der Waals surface area contributed by atoms with Gasteiger partial charge in [-0.1, -0.05) is 11.6 Å². The van der Waals surface area contributed by atoms with Gasteiger partial charge in [-0.25, -0.2) is 0 Å². The summed E-state index contributed by atoms with van der Waals surface area (Å²) in [4.78, 5) is 0. The molecular formula is C9H15N. The van der Waals surface area contributed by atoms with Gasteiger partial charge in [0, 0.05) is 0 Å². The Morgan fingerprint density at radius 2 is 2.50 bits per heavy atom. The van der Waals surface area contributed by atoms with E-state index in [9.17, 15) is 0 Å². The largest absolute Gasteiger partial charge is 0.330 e. The fourth-order valence-corrected chi connectivity index (χ4v) is 2.45. The van der Waals surface area contributed by atoms with E-state index in [1.807, 2.05) is 0 Å². The van der Waals surface area contributed by atoms with Gasteiger partial charge in [0.2, 0.25) is 0 Å². The topological polar surface area (TPSA) is 26.0 Å². The Kier molecular flexibility index (Phi) is 1.34. The van der Waals surface area contributed by atoms with Crippen molar-refractivity contribution >= 4 is 0 Å². The zero-order valence-electron chi connectivity index (χ0n) is 6.51. The van der Waals surface area contributed by atoms with Crippen molar-refractivity contribution in [1.82, 2.24) is 0 Å². The average molecular weight is 137 g/mol. The molecule has 56 valence electrons. The summed E-state index contributed by atoms with van der Waals surface area (Å²) >= 11 is 0. The van der Waals surface area contributed by atoms with E-state index in [4.69, 9.17) is 5.73 Å². The number of allylic oxidation sites excluding steroid dienone is 2. The zero-order chi connectivity index (χ0) is 7.14. The van der Waals surface area contributed by atoms with Crippen molar-refractivity contribution in [3.8, 4) is 0 Å². The summed E-state index contributed by atoms with van der Waals surface area (Å²) in [7, 11) is 0. The molecule has 10 heavy (non-hydrogen) atoms. The SMILES string of the molecule is CC1=C[C@@H]2[C@H](CN)C[C@H]2C1. The highest BCUT2D eigenvalue weighted by molar-refractivity contribution is 5.17. The minimum atomic E-state index is 0.822. The molecule has 0 radical (unpaired) electrons. The molecule has 0 aliphatic heterocycles. The lowest BCUT2D eigenvalue weighted by atomic mass is 9.67. The van der Waals surface area contributed by atoms with Crippen LogP contribution in [-0.2, 0) is 0 Å². The summed E-state index contributed by atoms with van der Waals surface area (Å²) in [6.07, 6.45) is 5.17. The quantitative estimate of drug-likeness (QED) is 0.545. The van der Waals surface area contributed by atoms with Gasteiger partial charge in [-0.05, 0) is 44.1 Å². The van der Waals surface area contributed by atoms with Crippen molar-refractivity contribution < 1.29 is 0 Å². The lowest BCUT2D eigenvalue weighted by Crippen LogP contribution is -2.37. The van der Waals surface area contributed by atoms with E-state index in [0.29, 0.717) is 0 Å². The molecule has 0 aromatic heterocycles. The highest BCUT2D eigenvalue weighted by Gasteiger charge is 2.41. The Morgan fingerprint density at radius 3 is 3.10 bits per heavy atom. The Hall–Kier alpha value is -0.300. The lowest BCUT2D eigenvalue weighted by Gasteiger charge is -2.39. The van der Waals surface area contributed by atoms with Crippen LogP contribution < -0.4 is 5.73 Å². The van der Waals surface area contributed by atoms with Crippen LogP contribution in [0, 0.1) is 17.8 Å². The summed E-state index contributed by atoms with van der Waals surface area (Å²) < 4.78 is 0. The third-order valence-electron chi connectivity index (χ3n) is 3.06. The Bertz CT molecular complexity index is 172. The van der Waals surface area contributed by atoms with Crippen LogP contribution in [0.2, 0.25) is 0 Å². The van der Waals surface area contributed by atoms with Crippen molar-refractivity contribution in [1.29, 1.82) is 0 Å². The predicted molar refractivity (Wildman–Crippen MR) is 42.5 cm³/mol. The van der Waals surface area contributed by atoms with Gasteiger partial charge < -0.3 is 5.73 Å². The fraction of sp³-hybridized carbons (Fsp3) is 0.778. The first-order chi connectivity index (χ1) is 4.81. The minimum absolute atomic E-state index is 0.822. The summed E-state index contributed by atoms with van der Waals surface area (Å²) in [6.45, 7) is 3.14. The molecule has 2 rings (SSSR count). The number of fused-ring (bicyclic) bond motifs is 1. The zero-order valence-corrected chi connectivity index (χ0v) is 6.51. The van der Waals surface area contributed by atoms with Crippen LogP contribution >= 0.6 is 0 Å². The van der Waals surface area contributed by atoms with Gasteiger partial charge in [-0.15, -0.1) is 0 Å². The maximum absolute atomic E-state index is 5.61. The van der Waals surface area contributed by atoms with Crippen molar-refractivity contribution in [2.75, 3.05) is 6.54 Å². The van der Waals surface area contributed by atoms with Crippen molar-refractivity contribution in [2.24, 2.45) is 23.5 Å². The molecule has 0 heterocycles. The molecule has 0 bridgehead atoms. The van der Waals surface area contributed by atoms with Crippen LogP contribution in [0.15, 0.2) is 11.6 Å². The van der Waals surface area contributed by atoms with E-state index >= 15 is 0 Å². The van der Waals surface area contributed by atoms with Gasteiger partial charge in [0.15, 0.2) is 0 Å². The Labute approximate surface area is 62.3 Å².